The van der Waals surface area contributed by atoms with Crippen LogP contribution in [0.1, 0.15) is 31.2 Å². The fourth-order valence-corrected chi connectivity index (χ4v) is 3.51. The number of likely N-dealkylation sites (N-methyl/N-ethyl adjacent to an activating group) is 1. The van der Waals surface area contributed by atoms with Crippen LogP contribution < -0.4 is 0 Å². The molecular formula is C15H23NO3S. The van der Waals surface area contributed by atoms with Crippen molar-refractivity contribution in [1.29, 1.82) is 0 Å². The van der Waals surface area contributed by atoms with Crippen LogP contribution in [0.15, 0.2) is 16.8 Å². The number of nitrogens with zero attached hydrogens (tertiary/aromatic N) is 1. The highest BCUT2D eigenvalue weighted by Crippen LogP contribution is 2.24. The smallest absolute Gasteiger partial charge is 0.227 e. The molecule has 1 aromatic rings. The first kappa shape index (κ1) is 15.5. The highest BCUT2D eigenvalue weighted by molar-refractivity contribution is 7.07. The van der Waals surface area contributed by atoms with E-state index in [1.165, 1.54) is 0 Å². The maximum absolute atomic E-state index is 12.3. The van der Waals surface area contributed by atoms with E-state index in [0.717, 1.165) is 31.2 Å². The van der Waals surface area contributed by atoms with Gasteiger partial charge < -0.3 is 14.7 Å². The predicted octanol–water partition coefficient (Wildman–Crippen LogP) is 2.07. The molecule has 4 nitrogen and oxygen atoms in total. The molecule has 1 aliphatic rings. The summed E-state index contributed by atoms with van der Waals surface area (Å²) in [6, 6.07) is 1.83. The van der Waals surface area contributed by atoms with Gasteiger partial charge in [0.25, 0.3) is 0 Å². The molecule has 1 fully saturated rings. The van der Waals surface area contributed by atoms with Crippen LogP contribution in [0.2, 0.25) is 0 Å². The molecule has 1 heterocycles. The molecule has 5 heteroatoms. The maximum atomic E-state index is 12.3. The first-order valence-electron chi connectivity index (χ1n) is 7.11. The lowest BCUT2D eigenvalue weighted by Gasteiger charge is -2.33. The fraction of sp³-hybridized carbons (Fsp3) is 0.667. The fourth-order valence-electron chi connectivity index (χ4n) is 2.85. The van der Waals surface area contributed by atoms with Crippen molar-refractivity contribution in [2.75, 3.05) is 14.2 Å². The summed E-state index contributed by atoms with van der Waals surface area (Å²) in [5, 5.41) is 14.4. The van der Waals surface area contributed by atoms with E-state index in [4.69, 9.17) is 4.74 Å². The Bertz CT molecular complexity index is 421. The average Bonchev–Trinajstić information content (AvgIpc) is 2.87. The second kappa shape index (κ2) is 7.20. The zero-order chi connectivity index (χ0) is 14.5. The topological polar surface area (TPSA) is 49.8 Å². The number of aliphatic hydroxyl groups is 1. The van der Waals surface area contributed by atoms with Crippen LogP contribution in [0.4, 0.5) is 0 Å². The van der Waals surface area contributed by atoms with Crippen molar-refractivity contribution in [3.05, 3.63) is 22.4 Å². The van der Waals surface area contributed by atoms with Crippen molar-refractivity contribution in [2.24, 2.45) is 0 Å². The van der Waals surface area contributed by atoms with Gasteiger partial charge in [0, 0.05) is 14.2 Å². The Morgan fingerprint density at radius 3 is 2.90 bits per heavy atom. The third-order valence-corrected chi connectivity index (χ3v) is 4.87. The number of carbonyl (C=O) groups excluding carboxylic acids is 1. The minimum absolute atomic E-state index is 0.0594. The summed E-state index contributed by atoms with van der Waals surface area (Å²) in [4.78, 5) is 14.0. The molecule has 1 aliphatic carbocycles. The standard InChI is InChI=1S/C15H23NO3S/c1-16(14(17)9-11-7-8-20-10-11)12-5-3-4-6-13(19-2)15(12)18/h7-8,10,12-13,15,18H,3-6,9H2,1-2H3/t12-,13-,15-/m1/s1. The minimum atomic E-state index is -0.598. The number of hydrogen-bond acceptors (Lipinski definition) is 4. The van der Waals surface area contributed by atoms with Crippen LogP contribution in [-0.4, -0.2) is 48.3 Å². The van der Waals surface area contributed by atoms with Gasteiger partial charge in [0.2, 0.25) is 5.91 Å². The van der Waals surface area contributed by atoms with Crippen LogP contribution in [0.5, 0.6) is 0 Å². The zero-order valence-corrected chi connectivity index (χ0v) is 12.9. The highest BCUT2D eigenvalue weighted by atomic mass is 32.1. The third kappa shape index (κ3) is 3.59. The molecule has 0 radical (unpaired) electrons. The second-order valence-corrected chi connectivity index (χ2v) is 6.21. The van der Waals surface area contributed by atoms with Gasteiger partial charge in [-0.15, -0.1) is 0 Å². The lowest BCUT2D eigenvalue weighted by molar-refractivity contribution is -0.136. The van der Waals surface area contributed by atoms with Crippen molar-refractivity contribution in [3.63, 3.8) is 0 Å². The Morgan fingerprint density at radius 2 is 2.25 bits per heavy atom. The van der Waals surface area contributed by atoms with Gasteiger partial charge in [0.15, 0.2) is 0 Å². The second-order valence-electron chi connectivity index (χ2n) is 5.43. The maximum Gasteiger partial charge on any atom is 0.227 e. The van der Waals surface area contributed by atoms with E-state index in [9.17, 15) is 9.90 Å². The Kier molecular flexibility index (Phi) is 5.57. The lowest BCUT2D eigenvalue weighted by atomic mass is 10.0. The number of carbonyl (C=O) groups is 1. The SMILES string of the molecule is CO[C@@H]1CCCC[C@@H](N(C)C(=O)Cc2ccsc2)[C@H]1O. The van der Waals surface area contributed by atoms with E-state index < -0.39 is 6.10 Å². The number of aliphatic hydroxyl groups excluding tert-OH is 1. The minimum Gasteiger partial charge on any atom is -0.388 e. The summed E-state index contributed by atoms with van der Waals surface area (Å²) in [7, 11) is 3.42. The molecule has 1 aromatic heterocycles. The Labute approximate surface area is 124 Å². The quantitative estimate of drug-likeness (QED) is 0.866. The number of rotatable bonds is 4. The molecule has 112 valence electrons. The van der Waals surface area contributed by atoms with Gasteiger partial charge in [-0.05, 0) is 35.2 Å². The van der Waals surface area contributed by atoms with Crippen LogP contribution in [0, 0.1) is 0 Å². The number of ether oxygens (including phenoxy) is 1. The summed E-state index contributed by atoms with van der Waals surface area (Å²) in [6.45, 7) is 0. The molecular weight excluding hydrogens is 274 g/mol. The first-order chi connectivity index (χ1) is 9.63. The molecule has 1 saturated carbocycles. The Morgan fingerprint density at radius 1 is 1.50 bits per heavy atom. The Balaban J connectivity index is 2.02. The molecule has 3 atom stereocenters. The normalized spacial score (nSPS) is 27.1. The first-order valence-corrected chi connectivity index (χ1v) is 8.05. The van der Waals surface area contributed by atoms with E-state index >= 15 is 0 Å². The molecule has 0 aliphatic heterocycles. The van der Waals surface area contributed by atoms with Crippen molar-refractivity contribution < 1.29 is 14.6 Å². The van der Waals surface area contributed by atoms with Gasteiger partial charge >= 0.3 is 0 Å². The molecule has 0 spiro atoms. The molecule has 0 unspecified atom stereocenters. The van der Waals surface area contributed by atoms with E-state index in [-0.39, 0.29) is 18.1 Å². The number of hydrogen-bond donors (Lipinski definition) is 1. The molecule has 20 heavy (non-hydrogen) atoms. The molecule has 2 rings (SSSR count). The molecule has 1 N–H and O–H groups in total. The van der Waals surface area contributed by atoms with Crippen molar-refractivity contribution in [1.82, 2.24) is 4.90 Å². The highest BCUT2D eigenvalue weighted by Gasteiger charge is 2.34. The lowest BCUT2D eigenvalue weighted by Crippen LogP contribution is -2.49. The summed E-state index contributed by atoms with van der Waals surface area (Å²) in [5.41, 5.74) is 1.04. The van der Waals surface area contributed by atoms with Gasteiger partial charge in [-0.3, -0.25) is 4.79 Å². The van der Waals surface area contributed by atoms with Gasteiger partial charge in [-0.1, -0.05) is 12.8 Å². The summed E-state index contributed by atoms with van der Waals surface area (Å²) >= 11 is 1.60. The Hall–Kier alpha value is -0.910. The summed E-state index contributed by atoms with van der Waals surface area (Å²) < 4.78 is 5.36. The molecule has 0 saturated heterocycles. The van der Waals surface area contributed by atoms with Gasteiger partial charge in [0.05, 0.1) is 18.6 Å². The number of methoxy groups -OCH3 is 1. The van der Waals surface area contributed by atoms with Crippen molar-refractivity contribution >= 4 is 17.2 Å². The zero-order valence-electron chi connectivity index (χ0n) is 12.1. The van der Waals surface area contributed by atoms with E-state index in [0.29, 0.717) is 6.42 Å². The molecule has 1 amide bonds. The van der Waals surface area contributed by atoms with Crippen LogP contribution in [0.3, 0.4) is 0 Å². The average molecular weight is 297 g/mol. The monoisotopic (exact) mass is 297 g/mol. The van der Waals surface area contributed by atoms with E-state index in [1.54, 1.807) is 30.4 Å². The van der Waals surface area contributed by atoms with E-state index in [1.807, 2.05) is 16.8 Å². The van der Waals surface area contributed by atoms with Gasteiger partial charge in [0.1, 0.15) is 6.10 Å². The third-order valence-electron chi connectivity index (χ3n) is 4.14. The van der Waals surface area contributed by atoms with Gasteiger partial charge in [-0.2, -0.15) is 11.3 Å². The van der Waals surface area contributed by atoms with Crippen LogP contribution >= 0.6 is 11.3 Å². The largest absolute Gasteiger partial charge is 0.388 e. The van der Waals surface area contributed by atoms with Gasteiger partial charge in [-0.25, -0.2) is 0 Å². The van der Waals surface area contributed by atoms with E-state index in [2.05, 4.69) is 0 Å². The predicted molar refractivity (Wildman–Crippen MR) is 79.9 cm³/mol. The van der Waals surface area contributed by atoms with Crippen molar-refractivity contribution in [3.8, 4) is 0 Å². The van der Waals surface area contributed by atoms with Crippen molar-refractivity contribution in [2.45, 2.75) is 50.4 Å². The molecule has 0 bridgehead atoms. The summed E-state index contributed by atoms with van der Waals surface area (Å²) in [5.74, 6) is 0.0594. The van der Waals surface area contributed by atoms with Crippen LogP contribution in [-0.2, 0) is 16.0 Å². The summed E-state index contributed by atoms with van der Waals surface area (Å²) in [6.07, 6.45) is 3.41. The number of thiophene rings is 1. The molecule has 0 aromatic carbocycles. The number of amides is 1. The van der Waals surface area contributed by atoms with Crippen LogP contribution in [0.25, 0.3) is 0 Å².